The molecule has 7 heteroatoms. The van der Waals surface area contributed by atoms with Crippen LogP contribution in [0.4, 0.5) is 0 Å². The lowest BCUT2D eigenvalue weighted by Crippen LogP contribution is -2.21. The first-order valence-electron chi connectivity index (χ1n) is 4.09. The zero-order valence-corrected chi connectivity index (χ0v) is 8.65. The van der Waals surface area contributed by atoms with Gasteiger partial charge in [-0.25, -0.2) is 0 Å². The summed E-state index contributed by atoms with van der Waals surface area (Å²) in [6.07, 6.45) is 0. The predicted molar refractivity (Wildman–Crippen MR) is 55.7 cm³/mol. The van der Waals surface area contributed by atoms with Crippen molar-refractivity contribution in [3.05, 3.63) is 28.8 Å². The van der Waals surface area contributed by atoms with Crippen LogP contribution >= 0.6 is 11.6 Å². The molecule has 0 bridgehead atoms. The minimum Gasteiger partial charge on any atom is -0.512 e. The molecule has 1 aromatic carbocycles. The average Bonchev–Trinajstić information content (AvgIpc) is 2.16. The normalized spacial score (nSPS) is 9.60. The van der Waals surface area contributed by atoms with Crippen molar-refractivity contribution in [3.63, 3.8) is 0 Å². The second-order valence-corrected chi connectivity index (χ2v) is 3.07. The number of carbonyl (C=O) groups excluding carboxylic acids is 1. The largest absolute Gasteiger partial charge is 0.707 e. The van der Waals surface area contributed by atoms with Crippen molar-refractivity contribution in [2.75, 3.05) is 7.05 Å². The number of nitrogens with one attached hydrogen (secondary N) is 1. The first kappa shape index (κ1) is 11.8. The Hall–Kier alpha value is -1.24. The highest BCUT2D eigenvalue weighted by molar-refractivity contribution is 6.35. The molecule has 3 N–H and O–H groups in total. The Labute approximate surface area is 91.8 Å². The Bertz CT molecular complexity index is 372. The van der Waals surface area contributed by atoms with Crippen LogP contribution < -0.4 is 9.97 Å². The summed E-state index contributed by atoms with van der Waals surface area (Å²) in [4.78, 5) is 11.2. The molecule has 1 amide bonds. The highest BCUT2D eigenvalue weighted by Crippen LogP contribution is 2.22. The molecular weight excluding hydrogens is 220 g/mol. The predicted octanol–water partition coefficient (Wildman–Crippen LogP) is 0.0479. The third-order valence-corrected chi connectivity index (χ3v) is 1.97. The molecule has 0 aliphatic carbocycles. The third-order valence-electron chi connectivity index (χ3n) is 1.65. The van der Waals surface area contributed by atoms with E-state index in [2.05, 4.69) is 9.97 Å². The van der Waals surface area contributed by atoms with Crippen LogP contribution in [0.5, 0.6) is 5.75 Å². The van der Waals surface area contributed by atoms with Gasteiger partial charge >= 0.3 is 7.32 Å². The smallest absolute Gasteiger partial charge is 0.512 e. The van der Waals surface area contributed by atoms with Crippen LogP contribution in [0, 0.1) is 0 Å². The van der Waals surface area contributed by atoms with E-state index in [0.29, 0.717) is 5.56 Å². The zero-order chi connectivity index (χ0) is 11.4. The Kier molecular flexibility index (Phi) is 3.96. The summed E-state index contributed by atoms with van der Waals surface area (Å²) in [5, 5.41) is 19.7. The molecule has 0 unspecified atom stereocenters. The molecular formula is C8H9BClNO4. The molecule has 0 fully saturated rings. The lowest BCUT2D eigenvalue weighted by atomic mass is 10.2. The molecule has 0 radical (unpaired) electrons. The van der Waals surface area contributed by atoms with Gasteiger partial charge in [-0.1, -0.05) is 11.6 Å². The number of benzene rings is 1. The van der Waals surface area contributed by atoms with Gasteiger partial charge in [-0.05, 0) is 18.2 Å². The fourth-order valence-electron chi connectivity index (χ4n) is 1.01. The van der Waals surface area contributed by atoms with Crippen molar-refractivity contribution < 1.29 is 19.5 Å². The monoisotopic (exact) mass is 229 g/mol. The standard InChI is InChI=1S/C8H9BClNO4/c1-11-8(12)6-3-2-5(4-7(6)10)15-9(13)14/h2-4,13-14H,1H3,(H,11,12). The van der Waals surface area contributed by atoms with Crippen LogP contribution in [0.1, 0.15) is 10.4 Å². The van der Waals surface area contributed by atoms with Gasteiger partial charge in [0.2, 0.25) is 0 Å². The maximum Gasteiger partial charge on any atom is 0.707 e. The topological polar surface area (TPSA) is 78.8 Å². The molecule has 0 atom stereocenters. The van der Waals surface area contributed by atoms with E-state index in [0.717, 1.165) is 0 Å². The van der Waals surface area contributed by atoms with Gasteiger partial charge < -0.3 is 20.0 Å². The molecule has 1 rings (SSSR count). The van der Waals surface area contributed by atoms with E-state index in [1.54, 1.807) is 0 Å². The van der Waals surface area contributed by atoms with E-state index in [-0.39, 0.29) is 16.7 Å². The average molecular weight is 229 g/mol. The molecule has 0 spiro atoms. The maximum atomic E-state index is 11.2. The molecule has 5 nitrogen and oxygen atoms in total. The van der Waals surface area contributed by atoms with Gasteiger partial charge in [0.15, 0.2) is 0 Å². The first-order valence-corrected chi connectivity index (χ1v) is 4.47. The third kappa shape index (κ3) is 3.12. The summed E-state index contributed by atoms with van der Waals surface area (Å²) in [5.41, 5.74) is 0.291. The van der Waals surface area contributed by atoms with Crippen LogP contribution in [0.2, 0.25) is 5.02 Å². The summed E-state index contributed by atoms with van der Waals surface area (Å²) in [7, 11) is -0.424. The summed E-state index contributed by atoms with van der Waals surface area (Å²) in [6, 6.07) is 4.17. The van der Waals surface area contributed by atoms with Crippen molar-refractivity contribution in [1.29, 1.82) is 0 Å². The molecule has 0 saturated heterocycles. The molecule has 0 aliphatic rings. The number of rotatable bonds is 3. The minimum atomic E-state index is -1.91. The van der Waals surface area contributed by atoms with Gasteiger partial charge in [-0.15, -0.1) is 0 Å². The fourth-order valence-corrected chi connectivity index (χ4v) is 1.27. The molecule has 0 heterocycles. The summed E-state index contributed by atoms with van der Waals surface area (Å²) >= 11 is 5.78. The first-order chi connectivity index (χ1) is 7.04. The highest BCUT2D eigenvalue weighted by atomic mass is 35.5. The minimum absolute atomic E-state index is 0.169. The maximum absolute atomic E-state index is 11.2. The summed E-state index contributed by atoms with van der Waals surface area (Å²) in [5.74, 6) is -0.154. The SMILES string of the molecule is CNC(=O)c1ccc(OB(O)O)cc1Cl. The Morgan fingerprint density at radius 3 is 2.67 bits per heavy atom. The van der Waals surface area contributed by atoms with E-state index in [1.807, 2.05) is 0 Å². The summed E-state index contributed by atoms with van der Waals surface area (Å²) < 4.78 is 4.56. The van der Waals surface area contributed by atoms with Gasteiger partial charge in [-0.3, -0.25) is 4.79 Å². The van der Waals surface area contributed by atoms with E-state index in [1.165, 1.54) is 25.2 Å². The molecule has 80 valence electrons. The number of amides is 1. The van der Waals surface area contributed by atoms with E-state index >= 15 is 0 Å². The van der Waals surface area contributed by atoms with Crippen molar-refractivity contribution in [2.24, 2.45) is 0 Å². The Balaban J connectivity index is 2.93. The van der Waals surface area contributed by atoms with Crippen LogP contribution in [0.25, 0.3) is 0 Å². The van der Waals surface area contributed by atoms with Gasteiger partial charge in [0.1, 0.15) is 5.75 Å². The van der Waals surface area contributed by atoms with Crippen LogP contribution in [-0.4, -0.2) is 30.3 Å². The number of carbonyl (C=O) groups is 1. The van der Waals surface area contributed by atoms with Crippen LogP contribution in [0.15, 0.2) is 18.2 Å². The Morgan fingerprint density at radius 1 is 1.53 bits per heavy atom. The van der Waals surface area contributed by atoms with Crippen molar-refractivity contribution >= 4 is 24.8 Å². The fraction of sp³-hybridized carbons (Fsp3) is 0.125. The quantitative estimate of drug-likeness (QED) is 0.640. The highest BCUT2D eigenvalue weighted by Gasteiger charge is 2.14. The van der Waals surface area contributed by atoms with Crippen molar-refractivity contribution in [3.8, 4) is 5.75 Å². The lowest BCUT2D eigenvalue weighted by Gasteiger charge is -2.07. The lowest BCUT2D eigenvalue weighted by molar-refractivity contribution is 0.0963. The van der Waals surface area contributed by atoms with E-state index in [4.69, 9.17) is 21.6 Å². The Morgan fingerprint density at radius 2 is 2.20 bits per heavy atom. The molecule has 0 saturated carbocycles. The summed E-state index contributed by atoms with van der Waals surface area (Å²) in [6.45, 7) is 0. The second-order valence-electron chi connectivity index (χ2n) is 2.66. The van der Waals surface area contributed by atoms with Crippen molar-refractivity contribution in [2.45, 2.75) is 0 Å². The number of hydrogen-bond acceptors (Lipinski definition) is 4. The number of hydrogen-bond donors (Lipinski definition) is 3. The van der Waals surface area contributed by atoms with E-state index < -0.39 is 7.32 Å². The number of halogens is 1. The molecule has 15 heavy (non-hydrogen) atoms. The van der Waals surface area contributed by atoms with Gasteiger partial charge in [0.05, 0.1) is 10.6 Å². The second kappa shape index (κ2) is 5.02. The van der Waals surface area contributed by atoms with Gasteiger partial charge in [0.25, 0.3) is 5.91 Å². The molecule has 1 aromatic rings. The van der Waals surface area contributed by atoms with Gasteiger partial charge in [0, 0.05) is 7.05 Å². The van der Waals surface area contributed by atoms with Crippen LogP contribution in [-0.2, 0) is 0 Å². The molecule has 0 aromatic heterocycles. The molecule has 0 aliphatic heterocycles. The van der Waals surface area contributed by atoms with Crippen molar-refractivity contribution in [1.82, 2.24) is 5.32 Å². The zero-order valence-electron chi connectivity index (χ0n) is 7.90. The van der Waals surface area contributed by atoms with Crippen LogP contribution in [0.3, 0.4) is 0 Å². The van der Waals surface area contributed by atoms with E-state index in [9.17, 15) is 4.79 Å². The van der Waals surface area contributed by atoms with Gasteiger partial charge in [-0.2, -0.15) is 0 Å².